The molecule has 1 aliphatic carbocycles. The summed E-state index contributed by atoms with van der Waals surface area (Å²) >= 11 is 0. The van der Waals surface area contributed by atoms with Gasteiger partial charge in [0.15, 0.2) is 5.78 Å². The number of carbonyl (C=O) groups is 1. The van der Waals surface area contributed by atoms with E-state index in [9.17, 15) is 9.18 Å². The van der Waals surface area contributed by atoms with Crippen molar-refractivity contribution in [3.63, 3.8) is 0 Å². The van der Waals surface area contributed by atoms with E-state index in [-0.39, 0.29) is 5.56 Å². The molecule has 1 aliphatic rings. The van der Waals surface area contributed by atoms with E-state index in [1.807, 2.05) is 19.1 Å². The Morgan fingerprint density at radius 3 is 2.77 bits per heavy atom. The number of aryl methyl sites for hydroxylation is 1. The molecule has 0 amide bonds. The second-order valence-electron chi connectivity index (χ2n) is 7.93. The number of hydrogen-bond donors (Lipinski definition) is 2. The fourth-order valence-corrected chi connectivity index (χ4v) is 3.54. The van der Waals surface area contributed by atoms with Gasteiger partial charge in [0.25, 0.3) is 0 Å². The van der Waals surface area contributed by atoms with Gasteiger partial charge in [0.05, 0.1) is 16.5 Å². The number of aromatic amines is 1. The molecule has 5 rings (SSSR count). The van der Waals surface area contributed by atoms with Gasteiger partial charge in [-0.05, 0) is 49.4 Å². The molecule has 0 unspecified atom stereocenters. The van der Waals surface area contributed by atoms with Crippen molar-refractivity contribution in [1.82, 2.24) is 24.9 Å². The van der Waals surface area contributed by atoms with Crippen LogP contribution in [0.3, 0.4) is 0 Å². The van der Waals surface area contributed by atoms with Crippen LogP contribution >= 0.6 is 0 Å². The molecule has 0 aromatic carbocycles. The molecule has 0 spiro atoms. The number of hydrogen-bond acceptors (Lipinski definition) is 6. The minimum absolute atomic E-state index is 0.0799. The van der Waals surface area contributed by atoms with Crippen LogP contribution in [0.25, 0.3) is 11.0 Å². The first kappa shape index (κ1) is 19.3. The predicted molar refractivity (Wildman–Crippen MR) is 115 cm³/mol. The van der Waals surface area contributed by atoms with Gasteiger partial charge in [0, 0.05) is 36.7 Å². The number of H-pyrrole nitrogens is 1. The van der Waals surface area contributed by atoms with Gasteiger partial charge in [-0.15, -0.1) is 0 Å². The van der Waals surface area contributed by atoms with Gasteiger partial charge in [0.1, 0.15) is 17.8 Å². The molecule has 7 nitrogen and oxygen atoms in total. The lowest BCUT2D eigenvalue weighted by molar-refractivity contribution is 0.103. The van der Waals surface area contributed by atoms with Crippen molar-refractivity contribution < 1.29 is 9.18 Å². The molecular weight excluding hydrogens is 395 g/mol. The number of aromatic nitrogens is 5. The smallest absolute Gasteiger partial charge is 0.224 e. The maximum absolute atomic E-state index is 14.8. The number of ketones is 1. The second-order valence-corrected chi connectivity index (χ2v) is 7.93. The zero-order chi connectivity index (χ0) is 21.4. The fraction of sp³-hybridized carbons (Fsp3) is 0.261. The number of anilines is 1. The van der Waals surface area contributed by atoms with Crippen molar-refractivity contribution in [3.8, 4) is 0 Å². The highest BCUT2D eigenvalue weighted by molar-refractivity contribution is 6.18. The third-order valence-corrected chi connectivity index (χ3v) is 5.48. The van der Waals surface area contributed by atoms with E-state index >= 15 is 0 Å². The molecule has 4 aromatic rings. The third-order valence-electron chi connectivity index (χ3n) is 5.48. The summed E-state index contributed by atoms with van der Waals surface area (Å²) in [5.74, 6) is -0.0234. The molecule has 0 atom stereocenters. The Labute approximate surface area is 178 Å². The van der Waals surface area contributed by atoms with Crippen molar-refractivity contribution >= 4 is 22.6 Å². The molecule has 0 radical (unpaired) electrons. The minimum atomic E-state index is -0.791. The van der Waals surface area contributed by atoms with Gasteiger partial charge in [-0.3, -0.25) is 9.78 Å². The van der Waals surface area contributed by atoms with Crippen LogP contribution in [0.5, 0.6) is 0 Å². The predicted octanol–water partition coefficient (Wildman–Crippen LogP) is 3.84. The number of pyridine rings is 2. The van der Waals surface area contributed by atoms with Gasteiger partial charge in [-0.1, -0.05) is 6.07 Å². The van der Waals surface area contributed by atoms with Crippen molar-refractivity contribution in [3.05, 3.63) is 77.0 Å². The first-order chi connectivity index (χ1) is 15.1. The van der Waals surface area contributed by atoms with Crippen molar-refractivity contribution in [2.45, 2.75) is 26.2 Å². The van der Waals surface area contributed by atoms with Crippen molar-refractivity contribution in [2.24, 2.45) is 5.92 Å². The van der Waals surface area contributed by atoms with Crippen LogP contribution in [0.4, 0.5) is 10.2 Å². The minimum Gasteiger partial charge on any atom is -0.369 e. The maximum atomic E-state index is 14.8. The number of halogens is 1. The van der Waals surface area contributed by atoms with Crippen LogP contribution in [0.2, 0.25) is 0 Å². The summed E-state index contributed by atoms with van der Waals surface area (Å²) in [5, 5.41) is 3.87. The van der Waals surface area contributed by atoms with Crippen LogP contribution < -0.4 is 5.32 Å². The Morgan fingerprint density at radius 1 is 1.16 bits per heavy atom. The topological polar surface area (TPSA) is 96.5 Å². The third kappa shape index (κ3) is 4.01. The lowest BCUT2D eigenvalue weighted by Crippen LogP contribution is -2.10. The molecule has 1 saturated carbocycles. The molecule has 0 bridgehead atoms. The normalized spacial score (nSPS) is 13.5. The van der Waals surface area contributed by atoms with Crippen LogP contribution in [-0.4, -0.2) is 37.2 Å². The molecule has 1 fully saturated rings. The molecule has 4 aromatic heterocycles. The summed E-state index contributed by atoms with van der Waals surface area (Å²) in [6.07, 6.45) is 7.57. The summed E-state index contributed by atoms with van der Waals surface area (Å²) in [6.45, 7) is 2.70. The van der Waals surface area contributed by atoms with E-state index < -0.39 is 11.7 Å². The zero-order valence-corrected chi connectivity index (χ0v) is 17.0. The van der Waals surface area contributed by atoms with Gasteiger partial charge in [0.2, 0.25) is 5.95 Å². The van der Waals surface area contributed by atoms with Crippen molar-refractivity contribution in [2.75, 3.05) is 11.9 Å². The van der Waals surface area contributed by atoms with E-state index in [2.05, 4.69) is 30.2 Å². The highest BCUT2D eigenvalue weighted by atomic mass is 19.1. The first-order valence-electron chi connectivity index (χ1n) is 10.3. The van der Waals surface area contributed by atoms with Crippen molar-refractivity contribution in [1.29, 1.82) is 0 Å². The van der Waals surface area contributed by atoms with E-state index in [1.54, 1.807) is 18.5 Å². The Hall–Kier alpha value is -3.68. The lowest BCUT2D eigenvalue weighted by Gasteiger charge is -2.08. The SMILES string of the molecule is Cc1ccc(Cc2ccc(C(=O)c3c[nH]c4ncnc(NCC5CC5)c34)c(F)n2)cn1. The molecule has 0 saturated heterocycles. The molecule has 156 valence electrons. The van der Waals surface area contributed by atoms with Gasteiger partial charge in [-0.25, -0.2) is 15.0 Å². The fourth-order valence-electron chi connectivity index (χ4n) is 3.54. The summed E-state index contributed by atoms with van der Waals surface area (Å²) in [6, 6.07) is 7.00. The Morgan fingerprint density at radius 2 is 2.03 bits per heavy atom. The molecular formula is C23H21FN6O. The Balaban J connectivity index is 1.43. The van der Waals surface area contributed by atoms with Crippen LogP contribution in [0, 0.1) is 18.8 Å². The molecule has 2 N–H and O–H groups in total. The van der Waals surface area contributed by atoms with Gasteiger partial charge < -0.3 is 10.3 Å². The maximum Gasteiger partial charge on any atom is 0.224 e. The van der Waals surface area contributed by atoms with Crippen LogP contribution in [0.15, 0.2) is 43.0 Å². The molecule has 31 heavy (non-hydrogen) atoms. The summed E-state index contributed by atoms with van der Waals surface area (Å²) < 4.78 is 14.8. The van der Waals surface area contributed by atoms with E-state index in [1.165, 1.54) is 25.2 Å². The highest BCUT2D eigenvalue weighted by Crippen LogP contribution is 2.31. The number of nitrogens with one attached hydrogen (secondary N) is 2. The summed E-state index contributed by atoms with van der Waals surface area (Å²) in [5.41, 5.74) is 3.16. The largest absolute Gasteiger partial charge is 0.369 e. The zero-order valence-electron chi connectivity index (χ0n) is 17.0. The molecule has 8 heteroatoms. The summed E-state index contributed by atoms with van der Waals surface area (Å²) in [4.78, 5) is 32.9. The Bertz CT molecular complexity index is 1260. The van der Waals surface area contributed by atoms with Gasteiger partial charge in [-0.2, -0.15) is 4.39 Å². The van der Waals surface area contributed by atoms with Crippen LogP contribution in [0.1, 0.15) is 45.7 Å². The number of carbonyl (C=O) groups excluding carboxylic acids is 1. The van der Waals surface area contributed by atoms with E-state index in [4.69, 9.17) is 0 Å². The quantitative estimate of drug-likeness (QED) is 0.351. The highest BCUT2D eigenvalue weighted by Gasteiger charge is 2.24. The number of rotatable bonds is 7. The second kappa shape index (κ2) is 7.86. The van der Waals surface area contributed by atoms with E-state index in [0.29, 0.717) is 40.4 Å². The first-order valence-corrected chi connectivity index (χ1v) is 10.3. The number of nitrogens with zero attached hydrogens (tertiary/aromatic N) is 4. The van der Waals surface area contributed by atoms with E-state index in [0.717, 1.165) is 17.8 Å². The molecule has 0 aliphatic heterocycles. The average Bonchev–Trinajstić information content (AvgIpc) is 3.50. The number of fused-ring (bicyclic) bond motifs is 1. The molecule has 4 heterocycles. The van der Waals surface area contributed by atoms with Gasteiger partial charge >= 0.3 is 0 Å². The monoisotopic (exact) mass is 416 g/mol. The van der Waals surface area contributed by atoms with Crippen LogP contribution in [-0.2, 0) is 6.42 Å². The standard InChI is InChI=1S/C23H21FN6O/c1-13-2-3-15(10-25-13)8-16-6-7-17(21(24)30-16)20(31)18-11-27-23-19(18)22(28-12-29-23)26-9-14-4-5-14/h2-3,6-7,10-12,14H,4-5,8-9H2,1H3,(H2,26,27,28,29). The Kier molecular flexibility index (Phi) is 4.89. The lowest BCUT2D eigenvalue weighted by atomic mass is 10.0. The summed E-state index contributed by atoms with van der Waals surface area (Å²) in [7, 11) is 0. The average molecular weight is 416 g/mol.